The molecule has 0 unspecified atom stereocenters. The zero-order valence-electron chi connectivity index (χ0n) is 14.6. The number of nitrogens with zero attached hydrogens (tertiary/aromatic N) is 3. The maximum Gasteiger partial charge on any atom is 0.250 e. The van der Waals surface area contributed by atoms with Gasteiger partial charge in [0.2, 0.25) is 0 Å². The predicted molar refractivity (Wildman–Crippen MR) is 121 cm³/mol. The highest BCUT2D eigenvalue weighted by Crippen LogP contribution is 2.32. The number of carbonyl (C=O) groups is 1. The number of hydrogen-bond acceptors (Lipinski definition) is 7. The zero-order chi connectivity index (χ0) is 20.6. The van der Waals surface area contributed by atoms with Crippen LogP contribution in [0.3, 0.4) is 0 Å². The molecule has 1 aromatic heterocycles. The molecule has 11 heteroatoms. The Morgan fingerprint density at radius 2 is 2.00 bits per heavy atom. The first-order valence-electron chi connectivity index (χ1n) is 8.11. The van der Waals surface area contributed by atoms with Crippen molar-refractivity contribution >= 4 is 74.5 Å². The molecule has 2 aromatic carbocycles. The van der Waals surface area contributed by atoms with Crippen LogP contribution >= 0.6 is 62.4 Å². The third-order valence-electron chi connectivity index (χ3n) is 3.37. The van der Waals surface area contributed by atoms with Crippen molar-refractivity contribution in [2.75, 3.05) is 5.75 Å². The monoisotopic (exact) mass is 530 g/mol. The van der Waals surface area contributed by atoms with Gasteiger partial charge in [-0.25, -0.2) is 9.82 Å². The van der Waals surface area contributed by atoms with E-state index in [1.165, 1.54) is 35.4 Å². The standard InChI is InChI=1S/C18H13BrClFN4OS3/c19-13-5-6-15(21)12(7-13)8-22-23-16(26)10-28-18-25-24-17(29-18)27-9-11-3-1-2-4-14(11)20/h1-8H,9-10H2,(H,23,26)/b22-8+. The Hall–Kier alpha value is -1.46. The van der Waals surface area contributed by atoms with Crippen molar-refractivity contribution in [1.82, 2.24) is 15.6 Å². The highest BCUT2D eigenvalue weighted by Gasteiger charge is 2.09. The molecule has 0 aliphatic heterocycles. The van der Waals surface area contributed by atoms with E-state index in [0.29, 0.717) is 10.1 Å². The molecule has 0 fully saturated rings. The first-order valence-corrected chi connectivity index (χ1v) is 12.1. The van der Waals surface area contributed by atoms with E-state index in [1.54, 1.807) is 23.9 Å². The van der Waals surface area contributed by atoms with Crippen LogP contribution in [0.4, 0.5) is 4.39 Å². The average molecular weight is 532 g/mol. The van der Waals surface area contributed by atoms with E-state index in [4.69, 9.17) is 11.6 Å². The summed E-state index contributed by atoms with van der Waals surface area (Å²) < 4.78 is 15.8. The van der Waals surface area contributed by atoms with Gasteiger partial charge in [0.15, 0.2) is 8.68 Å². The summed E-state index contributed by atoms with van der Waals surface area (Å²) in [5.41, 5.74) is 3.68. The molecule has 0 bridgehead atoms. The molecule has 0 spiro atoms. The molecule has 1 heterocycles. The molecular formula is C18H13BrClFN4OS3. The molecule has 0 radical (unpaired) electrons. The van der Waals surface area contributed by atoms with E-state index < -0.39 is 5.82 Å². The number of halogens is 3. The van der Waals surface area contributed by atoms with Crippen LogP contribution < -0.4 is 5.43 Å². The van der Waals surface area contributed by atoms with Crippen molar-refractivity contribution in [2.24, 2.45) is 5.10 Å². The Morgan fingerprint density at radius 1 is 1.24 bits per heavy atom. The lowest BCUT2D eigenvalue weighted by atomic mass is 10.2. The SMILES string of the molecule is O=C(CSc1nnc(SCc2ccccc2Cl)s1)N/N=C/c1cc(Br)ccc1F. The minimum Gasteiger partial charge on any atom is -0.272 e. The van der Waals surface area contributed by atoms with Gasteiger partial charge in [-0.3, -0.25) is 4.79 Å². The van der Waals surface area contributed by atoms with Crippen molar-refractivity contribution in [3.05, 3.63) is 68.9 Å². The second-order valence-electron chi connectivity index (χ2n) is 5.46. The molecule has 29 heavy (non-hydrogen) atoms. The lowest BCUT2D eigenvalue weighted by molar-refractivity contribution is -0.118. The molecular weight excluding hydrogens is 519 g/mol. The van der Waals surface area contributed by atoms with Gasteiger partial charge in [0.1, 0.15) is 5.82 Å². The maximum absolute atomic E-state index is 13.6. The summed E-state index contributed by atoms with van der Waals surface area (Å²) in [6, 6.07) is 12.1. The van der Waals surface area contributed by atoms with Crippen LogP contribution in [0.15, 0.2) is 60.7 Å². The molecule has 150 valence electrons. The quantitative estimate of drug-likeness (QED) is 0.232. The lowest BCUT2D eigenvalue weighted by Gasteiger charge is -2.00. The fourth-order valence-electron chi connectivity index (χ4n) is 2.02. The summed E-state index contributed by atoms with van der Waals surface area (Å²) in [5, 5.41) is 12.7. The maximum atomic E-state index is 13.6. The Labute approximate surface area is 192 Å². The highest BCUT2D eigenvalue weighted by atomic mass is 79.9. The number of nitrogens with one attached hydrogen (secondary N) is 1. The topological polar surface area (TPSA) is 67.2 Å². The summed E-state index contributed by atoms with van der Waals surface area (Å²) in [7, 11) is 0. The van der Waals surface area contributed by atoms with Gasteiger partial charge >= 0.3 is 0 Å². The second-order valence-corrected chi connectivity index (χ2v) is 10.2. The number of hydrazone groups is 1. The number of thioether (sulfide) groups is 2. The Bertz CT molecular complexity index is 1030. The first kappa shape index (κ1) is 22.2. The van der Waals surface area contributed by atoms with Crippen LogP contribution in [0.1, 0.15) is 11.1 Å². The number of hydrogen-bond donors (Lipinski definition) is 1. The van der Waals surface area contributed by atoms with Crippen LogP contribution in [0.25, 0.3) is 0 Å². The van der Waals surface area contributed by atoms with Crippen molar-refractivity contribution in [3.8, 4) is 0 Å². The fourth-order valence-corrected chi connectivity index (χ4v) is 5.49. The van der Waals surface area contributed by atoms with Crippen LogP contribution in [-0.2, 0) is 10.5 Å². The smallest absolute Gasteiger partial charge is 0.250 e. The van der Waals surface area contributed by atoms with Crippen LogP contribution in [0.2, 0.25) is 5.02 Å². The molecule has 0 saturated carbocycles. The van der Waals surface area contributed by atoms with Crippen molar-refractivity contribution in [1.29, 1.82) is 0 Å². The van der Waals surface area contributed by atoms with Crippen molar-refractivity contribution in [2.45, 2.75) is 14.4 Å². The molecule has 3 aromatic rings. The molecule has 0 aliphatic rings. The van der Waals surface area contributed by atoms with Gasteiger partial charge < -0.3 is 0 Å². The minimum atomic E-state index is -0.420. The number of aromatic nitrogens is 2. The summed E-state index contributed by atoms with van der Waals surface area (Å²) in [4.78, 5) is 11.9. The number of amides is 1. The summed E-state index contributed by atoms with van der Waals surface area (Å²) in [6.07, 6.45) is 1.26. The van der Waals surface area contributed by atoms with E-state index in [9.17, 15) is 9.18 Å². The minimum absolute atomic E-state index is 0.127. The molecule has 1 N–H and O–H groups in total. The molecule has 0 atom stereocenters. The first-order chi connectivity index (χ1) is 14.0. The summed E-state index contributed by atoms with van der Waals surface area (Å²) in [6.45, 7) is 0. The number of benzene rings is 2. The molecule has 1 amide bonds. The van der Waals surface area contributed by atoms with E-state index in [0.717, 1.165) is 19.4 Å². The van der Waals surface area contributed by atoms with Crippen molar-refractivity contribution in [3.63, 3.8) is 0 Å². The third-order valence-corrected chi connectivity index (χ3v) is 7.48. The van der Waals surface area contributed by atoms with Gasteiger partial charge in [0, 0.05) is 20.8 Å². The average Bonchev–Trinajstić information content (AvgIpc) is 3.16. The zero-order valence-corrected chi connectivity index (χ0v) is 19.4. The lowest BCUT2D eigenvalue weighted by Crippen LogP contribution is -2.19. The van der Waals surface area contributed by atoms with Crippen LogP contribution in [0.5, 0.6) is 0 Å². The van der Waals surface area contributed by atoms with Gasteiger partial charge in [0.05, 0.1) is 12.0 Å². The third kappa shape index (κ3) is 7.07. The second kappa shape index (κ2) is 11.1. The number of rotatable bonds is 8. The molecule has 0 saturated heterocycles. The van der Waals surface area contributed by atoms with Gasteiger partial charge in [-0.2, -0.15) is 5.10 Å². The van der Waals surface area contributed by atoms with Gasteiger partial charge in [-0.15, -0.1) is 10.2 Å². The summed E-state index contributed by atoms with van der Waals surface area (Å²) >= 11 is 13.6. The Balaban J connectivity index is 1.44. The van der Waals surface area contributed by atoms with E-state index in [2.05, 4.69) is 36.7 Å². The molecule has 0 aliphatic carbocycles. The molecule has 5 nitrogen and oxygen atoms in total. The predicted octanol–water partition coefficient (Wildman–Crippen LogP) is 5.63. The van der Waals surface area contributed by atoms with Gasteiger partial charge in [-0.05, 0) is 29.8 Å². The highest BCUT2D eigenvalue weighted by molar-refractivity contribution is 9.10. The summed E-state index contributed by atoms with van der Waals surface area (Å²) in [5.74, 6) is 0.0843. The molecule has 3 rings (SSSR count). The Morgan fingerprint density at radius 3 is 2.79 bits per heavy atom. The normalized spacial score (nSPS) is 11.1. The number of carbonyl (C=O) groups excluding carboxylic acids is 1. The van der Waals surface area contributed by atoms with Crippen LogP contribution in [0, 0.1) is 5.82 Å². The van der Waals surface area contributed by atoms with Gasteiger partial charge in [-0.1, -0.05) is 80.6 Å². The fraction of sp³-hybridized carbons (Fsp3) is 0.111. The van der Waals surface area contributed by atoms with Crippen molar-refractivity contribution < 1.29 is 9.18 Å². The van der Waals surface area contributed by atoms with Crippen LogP contribution in [-0.4, -0.2) is 28.1 Å². The van der Waals surface area contributed by atoms with E-state index in [1.807, 2.05) is 24.3 Å². The van der Waals surface area contributed by atoms with E-state index >= 15 is 0 Å². The largest absolute Gasteiger partial charge is 0.272 e. The van der Waals surface area contributed by atoms with Gasteiger partial charge in [0.25, 0.3) is 5.91 Å². The Kier molecular flexibility index (Phi) is 8.49. The van der Waals surface area contributed by atoms with E-state index in [-0.39, 0.29) is 17.2 Å².